The number of halogens is 2. The molecule has 0 radical (unpaired) electrons. The second-order valence-corrected chi connectivity index (χ2v) is 6.50. The monoisotopic (exact) mass is 346 g/mol. The SMILES string of the molecule is CNCc1ccc(-c2cc(F)c(OCC3CCNCC3)c(F)c2)cc1. The first-order valence-corrected chi connectivity index (χ1v) is 8.74. The quantitative estimate of drug-likeness (QED) is 0.836. The number of benzene rings is 2. The Morgan fingerprint density at radius 3 is 2.28 bits per heavy atom. The van der Waals surface area contributed by atoms with Crippen molar-refractivity contribution >= 4 is 0 Å². The van der Waals surface area contributed by atoms with Gasteiger partial charge in [-0.3, -0.25) is 0 Å². The van der Waals surface area contributed by atoms with Crippen LogP contribution in [-0.2, 0) is 6.54 Å². The number of ether oxygens (including phenoxy) is 1. The van der Waals surface area contributed by atoms with E-state index in [2.05, 4.69) is 10.6 Å². The predicted octanol–water partition coefficient (Wildman–Crippen LogP) is 3.73. The molecule has 2 aromatic carbocycles. The van der Waals surface area contributed by atoms with Crippen molar-refractivity contribution in [3.63, 3.8) is 0 Å². The molecule has 0 aromatic heterocycles. The molecule has 2 aromatic rings. The maximum atomic E-state index is 14.4. The zero-order valence-corrected chi connectivity index (χ0v) is 14.4. The molecule has 1 heterocycles. The van der Waals surface area contributed by atoms with E-state index in [0.717, 1.165) is 43.6 Å². The van der Waals surface area contributed by atoms with Gasteiger partial charge in [0.05, 0.1) is 6.61 Å². The van der Waals surface area contributed by atoms with E-state index >= 15 is 0 Å². The molecule has 0 bridgehead atoms. The standard InChI is InChI=1S/C20H24F2N2O/c1-23-12-14-2-4-16(5-3-14)17-10-18(21)20(19(22)11-17)25-13-15-6-8-24-9-7-15/h2-5,10-11,15,23-24H,6-9,12-13H2,1H3. The molecule has 1 fully saturated rings. The topological polar surface area (TPSA) is 33.3 Å². The zero-order chi connectivity index (χ0) is 17.6. The summed E-state index contributed by atoms with van der Waals surface area (Å²) >= 11 is 0. The molecule has 1 aliphatic rings. The van der Waals surface area contributed by atoms with Crippen LogP contribution >= 0.6 is 0 Å². The molecular formula is C20H24F2N2O. The first-order chi connectivity index (χ1) is 12.2. The van der Waals surface area contributed by atoms with Gasteiger partial charge in [0.25, 0.3) is 0 Å². The molecule has 0 atom stereocenters. The maximum absolute atomic E-state index is 14.4. The maximum Gasteiger partial charge on any atom is 0.190 e. The summed E-state index contributed by atoms with van der Waals surface area (Å²) in [6.07, 6.45) is 1.95. The molecule has 0 unspecified atom stereocenters. The molecule has 2 N–H and O–H groups in total. The van der Waals surface area contributed by atoms with E-state index < -0.39 is 11.6 Å². The second-order valence-electron chi connectivity index (χ2n) is 6.50. The lowest BCUT2D eigenvalue weighted by atomic mass is 9.99. The van der Waals surface area contributed by atoms with Crippen LogP contribution in [0.1, 0.15) is 18.4 Å². The van der Waals surface area contributed by atoms with Gasteiger partial charge in [0.2, 0.25) is 0 Å². The second kappa shape index (κ2) is 8.41. The highest BCUT2D eigenvalue weighted by atomic mass is 19.1. The summed E-state index contributed by atoms with van der Waals surface area (Å²) in [4.78, 5) is 0. The van der Waals surface area contributed by atoms with Crippen molar-refractivity contribution < 1.29 is 13.5 Å². The molecule has 0 amide bonds. The van der Waals surface area contributed by atoms with Gasteiger partial charge in [0.1, 0.15) is 0 Å². The normalized spacial score (nSPS) is 15.3. The highest BCUT2D eigenvalue weighted by Crippen LogP contribution is 2.30. The van der Waals surface area contributed by atoms with Crippen LogP contribution in [-0.4, -0.2) is 26.7 Å². The third kappa shape index (κ3) is 4.55. The summed E-state index contributed by atoms with van der Waals surface area (Å²) in [5.41, 5.74) is 2.41. The number of nitrogens with one attached hydrogen (secondary N) is 2. The fourth-order valence-corrected chi connectivity index (χ4v) is 3.13. The fourth-order valence-electron chi connectivity index (χ4n) is 3.13. The van der Waals surface area contributed by atoms with Gasteiger partial charge in [-0.25, -0.2) is 8.78 Å². The first kappa shape index (κ1) is 17.8. The minimum atomic E-state index is -0.650. The smallest absolute Gasteiger partial charge is 0.190 e. The molecular weight excluding hydrogens is 322 g/mol. The molecule has 5 heteroatoms. The van der Waals surface area contributed by atoms with Gasteiger partial charge < -0.3 is 15.4 Å². The van der Waals surface area contributed by atoms with Crippen LogP contribution in [0.2, 0.25) is 0 Å². The molecule has 0 aliphatic carbocycles. The Morgan fingerprint density at radius 1 is 1.04 bits per heavy atom. The largest absolute Gasteiger partial charge is 0.487 e. The minimum Gasteiger partial charge on any atom is -0.487 e. The summed E-state index contributed by atoms with van der Waals surface area (Å²) in [5.74, 6) is -1.22. The average molecular weight is 346 g/mol. The summed E-state index contributed by atoms with van der Waals surface area (Å²) in [5, 5.41) is 6.33. The Labute approximate surface area is 147 Å². The van der Waals surface area contributed by atoms with Crippen molar-refractivity contribution in [3.05, 3.63) is 53.6 Å². The van der Waals surface area contributed by atoms with E-state index in [0.29, 0.717) is 18.1 Å². The highest BCUT2D eigenvalue weighted by Gasteiger charge is 2.18. The Bertz CT molecular complexity index is 674. The van der Waals surface area contributed by atoms with Crippen molar-refractivity contribution in [1.82, 2.24) is 10.6 Å². The van der Waals surface area contributed by atoms with Gasteiger partial charge in [0.15, 0.2) is 17.4 Å². The van der Waals surface area contributed by atoms with Crippen LogP contribution < -0.4 is 15.4 Å². The van der Waals surface area contributed by atoms with Crippen LogP contribution in [0.4, 0.5) is 8.78 Å². The molecule has 3 rings (SSSR count). The Hall–Kier alpha value is -1.98. The van der Waals surface area contributed by atoms with Crippen LogP contribution in [0.5, 0.6) is 5.75 Å². The van der Waals surface area contributed by atoms with Crippen molar-refractivity contribution in [2.75, 3.05) is 26.7 Å². The van der Waals surface area contributed by atoms with E-state index in [4.69, 9.17) is 4.74 Å². The Balaban J connectivity index is 1.72. The Morgan fingerprint density at radius 2 is 1.68 bits per heavy atom. The minimum absolute atomic E-state index is 0.269. The van der Waals surface area contributed by atoms with E-state index in [1.165, 1.54) is 12.1 Å². The number of rotatable bonds is 6. The van der Waals surface area contributed by atoms with Crippen LogP contribution in [0.15, 0.2) is 36.4 Å². The van der Waals surface area contributed by atoms with E-state index in [1.54, 1.807) is 0 Å². The fraction of sp³-hybridized carbons (Fsp3) is 0.400. The zero-order valence-electron chi connectivity index (χ0n) is 14.4. The average Bonchev–Trinajstić information content (AvgIpc) is 2.63. The van der Waals surface area contributed by atoms with Gasteiger partial charge >= 0.3 is 0 Å². The molecule has 0 spiro atoms. The number of piperidine rings is 1. The molecule has 1 aliphatic heterocycles. The first-order valence-electron chi connectivity index (χ1n) is 8.74. The van der Waals surface area contributed by atoms with Crippen molar-refractivity contribution in [2.24, 2.45) is 5.92 Å². The lowest BCUT2D eigenvalue weighted by molar-refractivity contribution is 0.201. The molecule has 134 valence electrons. The van der Waals surface area contributed by atoms with Crippen LogP contribution in [0.3, 0.4) is 0 Å². The van der Waals surface area contributed by atoms with Crippen molar-refractivity contribution in [3.8, 4) is 16.9 Å². The summed E-state index contributed by atoms with van der Waals surface area (Å²) in [7, 11) is 1.88. The third-order valence-corrected chi connectivity index (χ3v) is 4.59. The summed E-state index contributed by atoms with van der Waals surface area (Å²) in [6.45, 7) is 2.98. The Kier molecular flexibility index (Phi) is 6.00. The summed E-state index contributed by atoms with van der Waals surface area (Å²) in [6, 6.07) is 10.3. The molecule has 25 heavy (non-hydrogen) atoms. The van der Waals surface area contributed by atoms with E-state index in [1.807, 2.05) is 31.3 Å². The number of hydrogen-bond acceptors (Lipinski definition) is 3. The summed E-state index contributed by atoms with van der Waals surface area (Å²) < 4.78 is 34.2. The van der Waals surface area contributed by atoms with Gasteiger partial charge in [-0.1, -0.05) is 24.3 Å². The third-order valence-electron chi connectivity index (χ3n) is 4.59. The highest BCUT2D eigenvalue weighted by molar-refractivity contribution is 5.65. The predicted molar refractivity (Wildman–Crippen MR) is 95.6 cm³/mol. The molecule has 1 saturated heterocycles. The van der Waals surface area contributed by atoms with Crippen LogP contribution in [0, 0.1) is 17.6 Å². The van der Waals surface area contributed by atoms with Crippen LogP contribution in [0.25, 0.3) is 11.1 Å². The van der Waals surface area contributed by atoms with Gasteiger partial charge in [0, 0.05) is 6.54 Å². The van der Waals surface area contributed by atoms with Gasteiger partial charge in [-0.2, -0.15) is 0 Å². The lowest BCUT2D eigenvalue weighted by Crippen LogP contribution is -2.30. The van der Waals surface area contributed by atoms with Crippen molar-refractivity contribution in [1.29, 1.82) is 0 Å². The number of hydrogen-bond donors (Lipinski definition) is 2. The van der Waals surface area contributed by atoms with E-state index in [9.17, 15) is 8.78 Å². The van der Waals surface area contributed by atoms with Crippen molar-refractivity contribution in [2.45, 2.75) is 19.4 Å². The van der Waals surface area contributed by atoms with E-state index in [-0.39, 0.29) is 5.75 Å². The molecule has 3 nitrogen and oxygen atoms in total. The molecule has 0 saturated carbocycles. The van der Waals surface area contributed by atoms with Gasteiger partial charge in [-0.15, -0.1) is 0 Å². The van der Waals surface area contributed by atoms with Gasteiger partial charge in [-0.05, 0) is 67.7 Å². The lowest BCUT2D eigenvalue weighted by Gasteiger charge is -2.23.